The summed E-state index contributed by atoms with van der Waals surface area (Å²) in [5, 5.41) is 3.42. The molecule has 0 spiro atoms. The van der Waals surface area contributed by atoms with Crippen molar-refractivity contribution in [3.8, 4) is 0 Å². The Bertz CT molecular complexity index is 367. The molecule has 2 rings (SSSR count). The quantitative estimate of drug-likeness (QED) is 0.845. The molecule has 1 aliphatic rings. The van der Waals surface area contributed by atoms with Crippen LogP contribution in [0.4, 0.5) is 4.39 Å². The standard InChI is InChI=1S/C15H22FN/c1-11(2)15-6-5-14(16)9-13(15)8-12-4-3-7-17-10-12/h5-6,9,11-12,17H,3-4,7-8,10H2,1-2H3. The average Bonchev–Trinajstić information content (AvgIpc) is 2.30. The third kappa shape index (κ3) is 3.29. The lowest BCUT2D eigenvalue weighted by Gasteiger charge is -2.24. The zero-order chi connectivity index (χ0) is 12.3. The molecule has 0 aliphatic carbocycles. The first-order chi connectivity index (χ1) is 8.16. The maximum atomic E-state index is 13.3. The van der Waals surface area contributed by atoms with Gasteiger partial charge < -0.3 is 5.32 Å². The van der Waals surface area contributed by atoms with E-state index < -0.39 is 0 Å². The predicted molar refractivity (Wildman–Crippen MR) is 69.8 cm³/mol. The molecule has 1 fully saturated rings. The van der Waals surface area contributed by atoms with Crippen LogP contribution in [0, 0.1) is 11.7 Å². The molecule has 1 aliphatic heterocycles. The van der Waals surface area contributed by atoms with Crippen molar-refractivity contribution in [2.75, 3.05) is 13.1 Å². The largest absolute Gasteiger partial charge is 0.316 e. The SMILES string of the molecule is CC(C)c1ccc(F)cc1CC1CCCNC1. The summed E-state index contributed by atoms with van der Waals surface area (Å²) in [6, 6.07) is 5.26. The monoisotopic (exact) mass is 235 g/mol. The molecule has 1 aromatic rings. The molecule has 1 heterocycles. The van der Waals surface area contributed by atoms with Gasteiger partial charge in [0.25, 0.3) is 0 Å². The van der Waals surface area contributed by atoms with Gasteiger partial charge in [-0.15, -0.1) is 0 Å². The van der Waals surface area contributed by atoms with E-state index in [1.165, 1.54) is 24.0 Å². The average molecular weight is 235 g/mol. The lowest BCUT2D eigenvalue weighted by Crippen LogP contribution is -2.31. The van der Waals surface area contributed by atoms with Gasteiger partial charge in [-0.2, -0.15) is 0 Å². The van der Waals surface area contributed by atoms with Crippen LogP contribution in [-0.2, 0) is 6.42 Å². The highest BCUT2D eigenvalue weighted by atomic mass is 19.1. The number of piperidine rings is 1. The van der Waals surface area contributed by atoms with Gasteiger partial charge in [0.15, 0.2) is 0 Å². The summed E-state index contributed by atoms with van der Waals surface area (Å²) in [5.41, 5.74) is 2.51. The van der Waals surface area contributed by atoms with Crippen molar-refractivity contribution < 1.29 is 4.39 Å². The molecule has 0 radical (unpaired) electrons. The first-order valence-electron chi connectivity index (χ1n) is 6.66. The van der Waals surface area contributed by atoms with Crippen molar-refractivity contribution in [3.63, 3.8) is 0 Å². The van der Waals surface area contributed by atoms with Crippen LogP contribution >= 0.6 is 0 Å². The van der Waals surface area contributed by atoms with Crippen LogP contribution in [0.5, 0.6) is 0 Å². The molecule has 1 saturated heterocycles. The molecule has 0 aromatic heterocycles. The van der Waals surface area contributed by atoms with Crippen molar-refractivity contribution >= 4 is 0 Å². The van der Waals surface area contributed by atoms with E-state index in [1.807, 2.05) is 6.07 Å². The Morgan fingerprint density at radius 1 is 1.41 bits per heavy atom. The highest BCUT2D eigenvalue weighted by molar-refractivity contribution is 5.31. The van der Waals surface area contributed by atoms with Crippen molar-refractivity contribution in [3.05, 3.63) is 35.1 Å². The second kappa shape index (κ2) is 5.63. The van der Waals surface area contributed by atoms with E-state index in [4.69, 9.17) is 0 Å². The van der Waals surface area contributed by atoms with Crippen LogP contribution in [0.2, 0.25) is 0 Å². The molecule has 1 atom stereocenters. The summed E-state index contributed by atoms with van der Waals surface area (Å²) in [6.45, 7) is 6.57. The fourth-order valence-corrected chi connectivity index (χ4v) is 2.72. The molecule has 1 aromatic carbocycles. The third-order valence-corrected chi connectivity index (χ3v) is 3.63. The van der Waals surface area contributed by atoms with Gasteiger partial charge in [0.05, 0.1) is 0 Å². The summed E-state index contributed by atoms with van der Waals surface area (Å²) in [7, 11) is 0. The van der Waals surface area contributed by atoms with Crippen LogP contribution in [0.3, 0.4) is 0 Å². The number of nitrogens with one attached hydrogen (secondary N) is 1. The van der Waals surface area contributed by atoms with Gasteiger partial charge in [-0.3, -0.25) is 0 Å². The zero-order valence-electron chi connectivity index (χ0n) is 10.8. The van der Waals surface area contributed by atoms with Crippen molar-refractivity contribution in [2.45, 2.75) is 39.0 Å². The zero-order valence-corrected chi connectivity index (χ0v) is 10.8. The Morgan fingerprint density at radius 2 is 2.24 bits per heavy atom. The minimum Gasteiger partial charge on any atom is -0.316 e. The Hall–Kier alpha value is -0.890. The second-order valence-electron chi connectivity index (χ2n) is 5.41. The molecule has 2 heteroatoms. The molecule has 0 saturated carbocycles. The fourth-order valence-electron chi connectivity index (χ4n) is 2.72. The van der Waals surface area contributed by atoms with E-state index in [-0.39, 0.29) is 5.82 Å². The third-order valence-electron chi connectivity index (χ3n) is 3.63. The summed E-state index contributed by atoms with van der Waals surface area (Å²) in [5.74, 6) is 1.04. The number of hydrogen-bond donors (Lipinski definition) is 1. The van der Waals surface area contributed by atoms with Gasteiger partial charge in [0, 0.05) is 0 Å². The molecule has 0 amide bonds. The summed E-state index contributed by atoms with van der Waals surface area (Å²) in [4.78, 5) is 0. The van der Waals surface area contributed by atoms with Gasteiger partial charge in [-0.25, -0.2) is 4.39 Å². The Balaban J connectivity index is 2.14. The first-order valence-corrected chi connectivity index (χ1v) is 6.66. The second-order valence-corrected chi connectivity index (χ2v) is 5.41. The van der Waals surface area contributed by atoms with E-state index in [2.05, 4.69) is 19.2 Å². The Morgan fingerprint density at radius 3 is 2.88 bits per heavy atom. The topological polar surface area (TPSA) is 12.0 Å². The Kier molecular flexibility index (Phi) is 4.16. The number of halogens is 1. The lowest BCUT2D eigenvalue weighted by atomic mass is 9.87. The highest BCUT2D eigenvalue weighted by Gasteiger charge is 2.16. The van der Waals surface area contributed by atoms with Crippen LogP contribution in [-0.4, -0.2) is 13.1 Å². The van der Waals surface area contributed by atoms with Gasteiger partial charge in [0.1, 0.15) is 5.82 Å². The van der Waals surface area contributed by atoms with Crippen molar-refractivity contribution in [1.82, 2.24) is 5.32 Å². The highest BCUT2D eigenvalue weighted by Crippen LogP contribution is 2.25. The van der Waals surface area contributed by atoms with E-state index in [0.29, 0.717) is 11.8 Å². The van der Waals surface area contributed by atoms with E-state index in [1.54, 1.807) is 12.1 Å². The van der Waals surface area contributed by atoms with E-state index >= 15 is 0 Å². The molecular formula is C15H22FN. The van der Waals surface area contributed by atoms with Crippen LogP contribution < -0.4 is 5.32 Å². The van der Waals surface area contributed by atoms with E-state index in [0.717, 1.165) is 19.5 Å². The predicted octanol–water partition coefficient (Wildman–Crippen LogP) is 3.49. The fraction of sp³-hybridized carbons (Fsp3) is 0.600. The molecule has 1 N–H and O–H groups in total. The normalized spacial score (nSPS) is 20.8. The maximum Gasteiger partial charge on any atom is 0.123 e. The first kappa shape index (κ1) is 12.6. The lowest BCUT2D eigenvalue weighted by molar-refractivity contribution is 0.374. The molecule has 0 bridgehead atoms. The smallest absolute Gasteiger partial charge is 0.123 e. The van der Waals surface area contributed by atoms with Crippen molar-refractivity contribution in [1.29, 1.82) is 0 Å². The number of rotatable bonds is 3. The number of benzene rings is 1. The number of hydrogen-bond acceptors (Lipinski definition) is 1. The molecule has 1 nitrogen and oxygen atoms in total. The van der Waals surface area contributed by atoms with E-state index in [9.17, 15) is 4.39 Å². The van der Waals surface area contributed by atoms with Crippen LogP contribution in [0.25, 0.3) is 0 Å². The molecule has 1 unspecified atom stereocenters. The summed E-state index contributed by atoms with van der Waals surface area (Å²) >= 11 is 0. The minimum absolute atomic E-state index is 0.104. The van der Waals surface area contributed by atoms with Crippen molar-refractivity contribution in [2.24, 2.45) is 5.92 Å². The van der Waals surface area contributed by atoms with Crippen LogP contribution in [0.1, 0.15) is 43.7 Å². The summed E-state index contributed by atoms with van der Waals surface area (Å²) < 4.78 is 13.3. The molecular weight excluding hydrogens is 213 g/mol. The maximum absolute atomic E-state index is 13.3. The minimum atomic E-state index is -0.104. The summed E-state index contributed by atoms with van der Waals surface area (Å²) in [6.07, 6.45) is 3.52. The van der Waals surface area contributed by atoms with Gasteiger partial charge in [-0.1, -0.05) is 19.9 Å². The Labute approximate surface area is 103 Å². The van der Waals surface area contributed by atoms with Crippen LogP contribution in [0.15, 0.2) is 18.2 Å². The molecule has 94 valence electrons. The van der Waals surface area contributed by atoms with Gasteiger partial charge >= 0.3 is 0 Å². The van der Waals surface area contributed by atoms with Gasteiger partial charge in [-0.05, 0) is 67.4 Å². The molecule has 17 heavy (non-hydrogen) atoms. The van der Waals surface area contributed by atoms with Gasteiger partial charge in [0.2, 0.25) is 0 Å².